The van der Waals surface area contributed by atoms with Gasteiger partial charge in [0.2, 0.25) is 0 Å². The Labute approximate surface area is 64.4 Å². The van der Waals surface area contributed by atoms with Crippen molar-refractivity contribution < 1.29 is 15.4 Å². The molecule has 1 rings (SSSR count). The SMILES string of the molecule is ONCC1(O)C=CC=C(O)C1. The van der Waals surface area contributed by atoms with E-state index in [9.17, 15) is 5.11 Å². The van der Waals surface area contributed by atoms with Gasteiger partial charge in [-0.25, -0.2) is 5.48 Å². The van der Waals surface area contributed by atoms with Gasteiger partial charge in [-0.3, -0.25) is 0 Å². The summed E-state index contributed by atoms with van der Waals surface area (Å²) in [5.41, 5.74) is 0.700. The van der Waals surface area contributed by atoms with Gasteiger partial charge in [-0.05, 0) is 6.08 Å². The first-order valence-electron chi connectivity index (χ1n) is 3.33. The predicted molar refractivity (Wildman–Crippen MR) is 39.2 cm³/mol. The summed E-state index contributed by atoms with van der Waals surface area (Å²) in [5.74, 6) is 0.116. The van der Waals surface area contributed by atoms with E-state index in [1.807, 2.05) is 5.48 Å². The van der Waals surface area contributed by atoms with Gasteiger partial charge >= 0.3 is 0 Å². The third kappa shape index (κ3) is 2.04. The number of hydrogen-bond donors (Lipinski definition) is 4. The molecule has 1 atom stereocenters. The Morgan fingerprint density at radius 2 is 2.36 bits per heavy atom. The first-order valence-corrected chi connectivity index (χ1v) is 3.33. The van der Waals surface area contributed by atoms with Gasteiger partial charge < -0.3 is 15.4 Å². The minimum absolute atomic E-state index is 0.0153. The fraction of sp³-hybridized carbons (Fsp3) is 0.429. The van der Waals surface area contributed by atoms with Gasteiger partial charge in [-0.1, -0.05) is 12.2 Å². The van der Waals surface area contributed by atoms with Crippen molar-refractivity contribution in [2.24, 2.45) is 0 Å². The molecule has 0 heterocycles. The Hall–Kier alpha value is -0.840. The second kappa shape index (κ2) is 3.04. The average Bonchev–Trinajstić information content (AvgIpc) is 1.86. The van der Waals surface area contributed by atoms with Crippen molar-refractivity contribution >= 4 is 0 Å². The molecule has 4 nitrogen and oxygen atoms in total. The molecule has 0 aromatic carbocycles. The Morgan fingerprint density at radius 3 is 2.91 bits per heavy atom. The van der Waals surface area contributed by atoms with E-state index in [2.05, 4.69) is 0 Å². The van der Waals surface area contributed by atoms with Gasteiger partial charge in [0.05, 0.1) is 12.3 Å². The highest BCUT2D eigenvalue weighted by atomic mass is 16.5. The molecule has 0 radical (unpaired) electrons. The van der Waals surface area contributed by atoms with E-state index in [-0.39, 0.29) is 18.7 Å². The van der Waals surface area contributed by atoms with E-state index in [4.69, 9.17) is 10.3 Å². The van der Waals surface area contributed by atoms with Crippen LogP contribution in [-0.2, 0) is 0 Å². The van der Waals surface area contributed by atoms with Crippen molar-refractivity contribution in [2.75, 3.05) is 6.54 Å². The van der Waals surface area contributed by atoms with Crippen LogP contribution in [0.2, 0.25) is 0 Å². The van der Waals surface area contributed by atoms with Crippen LogP contribution in [0.25, 0.3) is 0 Å². The minimum Gasteiger partial charge on any atom is -0.512 e. The molecule has 0 aliphatic heterocycles. The Bertz CT molecular complexity index is 200. The van der Waals surface area contributed by atoms with Gasteiger partial charge in [-0.2, -0.15) is 0 Å². The Balaban J connectivity index is 2.62. The molecule has 4 heteroatoms. The summed E-state index contributed by atoms with van der Waals surface area (Å²) in [6, 6.07) is 0. The van der Waals surface area contributed by atoms with Crippen LogP contribution >= 0.6 is 0 Å². The fourth-order valence-corrected chi connectivity index (χ4v) is 1.03. The highest BCUT2D eigenvalue weighted by Crippen LogP contribution is 2.20. The Kier molecular flexibility index (Phi) is 2.28. The van der Waals surface area contributed by atoms with Crippen LogP contribution in [0.3, 0.4) is 0 Å². The van der Waals surface area contributed by atoms with Gasteiger partial charge in [0, 0.05) is 6.42 Å². The lowest BCUT2D eigenvalue weighted by Crippen LogP contribution is -2.38. The summed E-state index contributed by atoms with van der Waals surface area (Å²) >= 11 is 0. The number of aliphatic hydroxyl groups excluding tert-OH is 1. The van der Waals surface area contributed by atoms with Gasteiger partial charge in [0.1, 0.15) is 5.60 Å². The summed E-state index contributed by atoms with van der Waals surface area (Å²) in [6.45, 7) is 0.0153. The molecular formula is C7H11NO3. The smallest absolute Gasteiger partial charge is 0.105 e. The number of allylic oxidation sites excluding steroid dienone is 2. The van der Waals surface area contributed by atoms with E-state index in [0.717, 1.165) is 0 Å². The lowest BCUT2D eigenvalue weighted by molar-refractivity contribution is 0.0320. The first-order chi connectivity index (χ1) is 5.16. The Morgan fingerprint density at radius 1 is 1.64 bits per heavy atom. The van der Waals surface area contributed by atoms with Crippen LogP contribution in [-0.4, -0.2) is 27.6 Å². The van der Waals surface area contributed by atoms with Crippen molar-refractivity contribution in [3.8, 4) is 0 Å². The number of hydroxylamine groups is 1. The van der Waals surface area contributed by atoms with Crippen LogP contribution in [0.15, 0.2) is 24.0 Å². The zero-order chi connectivity index (χ0) is 8.32. The maximum Gasteiger partial charge on any atom is 0.105 e. The molecule has 1 aliphatic rings. The lowest BCUT2D eigenvalue weighted by Gasteiger charge is -2.25. The van der Waals surface area contributed by atoms with Gasteiger partial charge in [0.15, 0.2) is 0 Å². The van der Waals surface area contributed by atoms with Gasteiger partial charge in [-0.15, -0.1) is 0 Å². The monoisotopic (exact) mass is 157 g/mol. The van der Waals surface area contributed by atoms with E-state index in [1.54, 1.807) is 6.08 Å². The van der Waals surface area contributed by atoms with E-state index >= 15 is 0 Å². The number of aliphatic hydroxyl groups is 2. The molecule has 11 heavy (non-hydrogen) atoms. The maximum absolute atomic E-state index is 9.53. The molecule has 0 amide bonds. The highest BCUT2D eigenvalue weighted by Gasteiger charge is 2.26. The van der Waals surface area contributed by atoms with Crippen LogP contribution < -0.4 is 5.48 Å². The quantitative estimate of drug-likeness (QED) is 0.429. The van der Waals surface area contributed by atoms with Crippen LogP contribution in [0, 0.1) is 0 Å². The predicted octanol–water partition coefficient (Wildman–Crippen LogP) is 0.0981. The summed E-state index contributed by atoms with van der Waals surface area (Å²) < 4.78 is 0. The van der Waals surface area contributed by atoms with Crippen molar-refractivity contribution in [2.45, 2.75) is 12.0 Å². The molecule has 0 aromatic rings. The summed E-state index contributed by atoms with van der Waals surface area (Å²) in [5, 5.41) is 26.9. The van der Waals surface area contributed by atoms with E-state index in [0.29, 0.717) is 0 Å². The van der Waals surface area contributed by atoms with Crippen molar-refractivity contribution in [1.82, 2.24) is 5.48 Å². The van der Waals surface area contributed by atoms with Crippen molar-refractivity contribution in [1.29, 1.82) is 0 Å². The largest absolute Gasteiger partial charge is 0.512 e. The summed E-state index contributed by atoms with van der Waals surface area (Å²) in [6.07, 6.45) is 4.72. The molecule has 0 spiro atoms. The molecule has 0 aromatic heterocycles. The van der Waals surface area contributed by atoms with E-state index in [1.165, 1.54) is 12.2 Å². The van der Waals surface area contributed by atoms with Crippen LogP contribution in [0.4, 0.5) is 0 Å². The standard InChI is InChI=1S/C7H11NO3/c9-6-2-1-3-7(10,4-6)5-8-11/h1-3,8-11H,4-5H2. The third-order valence-electron chi connectivity index (χ3n) is 1.57. The number of nitrogens with one attached hydrogen (secondary N) is 1. The fourth-order valence-electron chi connectivity index (χ4n) is 1.03. The highest BCUT2D eigenvalue weighted by molar-refractivity contribution is 5.21. The molecule has 1 unspecified atom stereocenters. The zero-order valence-corrected chi connectivity index (χ0v) is 5.99. The van der Waals surface area contributed by atoms with Crippen molar-refractivity contribution in [3.63, 3.8) is 0 Å². The normalized spacial score (nSPS) is 30.2. The lowest BCUT2D eigenvalue weighted by atomic mass is 9.94. The molecule has 4 N–H and O–H groups in total. The van der Waals surface area contributed by atoms with Crippen molar-refractivity contribution in [3.05, 3.63) is 24.0 Å². The van der Waals surface area contributed by atoms with Crippen LogP contribution in [0.1, 0.15) is 6.42 Å². The zero-order valence-electron chi connectivity index (χ0n) is 5.99. The summed E-state index contributed by atoms with van der Waals surface area (Å²) in [4.78, 5) is 0. The molecule has 0 saturated carbocycles. The first kappa shape index (κ1) is 8.26. The second-order valence-electron chi connectivity index (χ2n) is 2.63. The molecule has 0 bridgehead atoms. The van der Waals surface area contributed by atoms with Crippen LogP contribution in [0.5, 0.6) is 0 Å². The number of rotatable bonds is 2. The van der Waals surface area contributed by atoms with E-state index < -0.39 is 5.60 Å². The molecule has 62 valence electrons. The molecule has 0 saturated heterocycles. The summed E-state index contributed by atoms with van der Waals surface area (Å²) in [7, 11) is 0. The molecular weight excluding hydrogens is 146 g/mol. The second-order valence-corrected chi connectivity index (χ2v) is 2.63. The topological polar surface area (TPSA) is 72.7 Å². The average molecular weight is 157 g/mol. The number of hydrogen-bond acceptors (Lipinski definition) is 4. The third-order valence-corrected chi connectivity index (χ3v) is 1.57. The molecule has 1 aliphatic carbocycles. The molecule has 0 fully saturated rings. The minimum atomic E-state index is -1.16. The van der Waals surface area contributed by atoms with Gasteiger partial charge in [0.25, 0.3) is 0 Å². The maximum atomic E-state index is 9.53.